The zero-order valence-corrected chi connectivity index (χ0v) is 18.3. The Morgan fingerprint density at radius 2 is 1.10 bits per heavy atom. The van der Waals surface area contributed by atoms with E-state index >= 15 is 0 Å². The second kappa shape index (κ2) is 14.1. The largest absolute Gasteiger partial charge is 0.481 e. The Balaban J connectivity index is 2.52. The molecule has 1 aromatic rings. The quantitative estimate of drug-likeness (QED) is 0.222. The molecule has 1 unspecified atom stereocenters. The normalized spacial score (nSPS) is 12.6. The van der Waals surface area contributed by atoms with Gasteiger partial charge in [0, 0.05) is 12.8 Å². The number of carboxylic acids is 2. The van der Waals surface area contributed by atoms with Crippen molar-refractivity contribution in [2.75, 3.05) is 0 Å². The Kier molecular flexibility index (Phi) is 12.3. The summed E-state index contributed by atoms with van der Waals surface area (Å²) in [6, 6.07) is 6.36. The maximum Gasteiger partial charge on any atom is 0.303 e. The summed E-state index contributed by atoms with van der Waals surface area (Å²) >= 11 is 0. The fourth-order valence-electron chi connectivity index (χ4n) is 3.61. The molecular weight excluding hydrogens is 408 g/mol. The van der Waals surface area contributed by atoms with Crippen molar-refractivity contribution in [1.29, 1.82) is 0 Å². The summed E-state index contributed by atoms with van der Waals surface area (Å²) in [4.78, 5) is 21.0. The molecule has 7 nitrogen and oxygen atoms in total. The Morgan fingerprint density at radius 3 is 1.50 bits per heavy atom. The highest BCUT2D eigenvalue weighted by atomic mass is 32.2. The second-order valence-electron chi connectivity index (χ2n) is 7.79. The van der Waals surface area contributed by atoms with Gasteiger partial charge in [-0.1, -0.05) is 57.1 Å². The molecule has 3 N–H and O–H groups in total. The maximum atomic E-state index is 11.3. The molecule has 0 radical (unpaired) electrons. The first kappa shape index (κ1) is 26.1. The summed E-state index contributed by atoms with van der Waals surface area (Å²) in [6.45, 7) is 0. The number of hydrogen-bond acceptors (Lipinski definition) is 4. The van der Waals surface area contributed by atoms with E-state index in [1.807, 2.05) is 0 Å². The molecule has 30 heavy (non-hydrogen) atoms. The molecule has 0 saturated carbocycles. The topological polar surface area (TPSA) is 129 Å². The van der Waals surface area contributed by atoms with Crippen LogP contribution in [0.1, 0.15) is 95.0 Å². The van der Waals surface area contributed by atoms with Crippen molar-refractivity contribution in [2.45, 2.75) is 94.3 Å². The van der Waals surface area contributed by atoms with Gasteiger partial charge in [-0.15, -0.1) is 0 Å². The van der Waals surface area contributed by atoms with Crippen LogP contribution in [0.15, 0.2) is 29.2 Å². The van der Waals surface area contributed by atoms with Gasteiger partial charge in [-0.25, -0.2) is 0 Å². The zero-order valence-electron chi connectivity index (χ0n) is 17.5. The van der Waals surface area contributed by atoms with Crippen LogP contribution in [0.4, 0.5) is 0 Å². The van der Waals surface area contributed by atoms with Crippen LogP contribution in [0, 0.1) is 0 Å². The standard InChI is InChI=1S/C22H34O7S/c23-21(24)12-8-3-1-2-6-10-18(11-7-4-5-9-13-22(25)26)19-14-16-20(17-15-19)30(27,28)29/h14-18H,1-13H2,(H,23,24)(H,25,26)(H,27,28,29). The molecule has 0 spiro atoms. The van der Waals surface area contributed by atoms with Gasteiger partial charge in [0.1, 0.15) is 0 Å². The lowest BCUT2D eigenvalue weighted by atomic mass is 9.88. The average molecular weight is 443 g/mol. The molecule has 0 amide bonds. The van der Waals surface area contributed by atoms with Crippen LogP contribution in [0.2, 0.25) is 0 Å². The summed E-state index contributed by atoms with van der Waals surface area (Å²) in [5, 5.41) is 17.4. The van der Waals surface area contributed by atoms with E-state index in [9.17, 15) is 18.0 Å². The van der Waals surface area contributed by atoms with Crippen molar-refractivity contribution in [1.82, 2.24) is 0 Å². The molecule has 0 aliphatic carbocycles. The molecule has 0 bridgehead atoms. The van der Waals surface area contributed by atoms with Gasteiger partial charge in [0.15, 0.2) is 0 Å². The summed E-state index contributed by atoms with van der Waals surface area (Å²) in [5.41, 5.74) is 1.04. The van der Waals surface area contributed by atoms with Crippen molar-refractivity contribution in [3.05, 3.63) is 29.8 Å². The van der Waals surface area contributed by atoms with Gasteiger partial charge < -0.3 is 10.2 Å². The Labute approximate surface area is 179 Å². The molecular formula is C22H34O7S. The first-order chi connectivity index (χ1) is 14.2. The first-order valence-corrected chi connectivity index (χ1v) is 12.1. The predicted molar refractivity (Wildman–Crippen MR) is 114 cm³/mol. The minimum Gasteiger partial charge on any atom is -0.481 e. The third-order valence-electron chi connectivity index (χ3n) is 5.29. The molecule has 170 valence electrons. The number of rotatable bonds is 17. The minimum atomic E-state index is -4.21. The van der Waals surface area contributed by atoms with E-state index < -0.39 is 22.1 Å². The predicted octanol–water partition coefficient (Wildman–Crippen LogP) is 5.26. The van der Waals surface area contributed by atoms with E-state index in [2.05, 4.69) is 0 Å². The lowest BCUT2D eigenvalue weighted by Crippen LogP contribution is -2.02. The molecule has 0 aromatic heterocycles. The van der Waals surface area contributed by atoms with Crippen LogP contribution < -0.4 is 0 Å². The van der Waals surface area contributed by atoms with Crippen LogP contribution >= 0.6 is 0 Å². The lowest BCUT2D eigenvalue weighted by Gasteiger charge is -2.18. The number of aliphatic carboxylic acids is 2. The monoisotopic (exact) mass is 442 g/mol. The smallest absolute Gasteiger partial charge is 0.303 e. The first-order valence-electron chi connectivity index (χ1n) is 10.7. The van der Waals surface area contributed by atoms with E-state index in [4.69, 9.17) is 14.8 Å². The van der Waals surface area contributed by atoms with Crippen LogP contribution in [-0.4, -0.2) is 35.1 Å². The molecule has 1 atom stereocenters. The van der Waals surface area contributed by atoms with Crippen LogP contribution in [0.3, 0.4) is 0 Å². The molecule has 1 rings (SSSR count). The number of unbranched alkanes of at least 4 members (excludes halogenated alkanes) is 7. The van der Waals surface area contributed by atoms with E-state index in [-0.39, 0.29) is 23.7 Å². The maximum absolute atomic E-state index is 11.3. The van der Waals surface area contributed by atoms with Gasteiger partial charge >= 0.3 is 11.9 Å². The van der Waals surface area contributed by atoms with Crippen LogP contribution in [0.25, 0.3) is 0 Å². The Bertz CT molecular complexity index is 741. The summed E-state index contributed by atoms with van der Waals surface area (Å²) in [6.07, 6.45) is 10.4. The number of carbonyl (C=O) groups is 2. The lowest BCUT2D eigenvalue weighted by molar-refractivity contribution is -0.138. The third kappa shape index (κ3) is 11.9. The van der Waals surface area contributed by atoms with Crippen LogP contribution in [-0.2, 0) is 19.7 Å². The summed E-state index contributed by atoms with van der Waals surface area (Å²) < 4.78 is 31.7. The number of benzene rings is 1. The molecule has 0 aliphatic rings. The van der Waals surface area contributed by atoms with E-state index in [0.717, 1.165) is 63.4 Å². The number of hydrogen-bond donors (Lipinski definition) is 3. The fraction of sp³-hybridized carbons (Fsp3) is 0.636. The second-order valence-corrected chi connectivity index (χ2v) is 9.21. The zero-order chi connectivity index (χ0) is 22.4. The van der Waals surface area contributed by atoms with E-state index in [1.165, 1.54) is 12.1 Å². The van der Waals surface area contributed by atoms with Crippen molar-refractivity contribution in [3.63, 3.8) is 0 Å². The van der Waals surface area contributed by atoms with Gasteiger partial charge in [-0.3, -0.25) is 14.1 Å². The highest BCUT2D eigenvalue weighted by Crippen LogP contribution is 2.29. The van der Waals surface area contributed by atoms with Crippen molar-refractivity contribution < 1.29 is 32.8 Å². The highest BCUT2D eigenvalue weighted by Gasteiger charge is 2.14. The third-order valence-corrected chi connectivity index (χ3v) is 6.15. The highest BCUT2D eigenvalue weighted by molar-refractivity contribution is 7.85. The molecule has 8 heteroatoms. The number of carboxylic acid groups (broad SMARTS) is 2. The molecule has 0 heterocycles. The van der Waals surface area contributed by atoms with Crippen molar-refractivity contribution in [3.8, 4) is 0 Å². The van der Waals surface area contributed by atoms with Gasteiger partial charge in [-0.2, -0.15) is 8.42 Å². The van der Waals surface area contributed by atoms with Crippen molar-refractivity contribution >= 4 is 22.1 Å². The van der Waals surface area contributed by atoms with E-state index in [1.54, 1.807) is 12.1 Å². The molecule has 0 aliphatic heterocycles. The summed E-state index contributed by atoms with van der Waals surface area (Å²) in [7, 11) is -4.21. The van der Waals surface area contributed by atoms with Crippen molar-refractivity contribution in [2.24, 2.45) is 0 Å². The molecule has 0 saturated heterocycles. The van der Waals surface area contributed by atoms with Gasteiger partial charge in [0.25, 0.3) is 10.1 Å². The summed E-state index contributed by atoms with van der Waals surface area (Å²) in [5.74, 6) is -1.25. The average Bonchev–Trinajstić information content (AvgIpc) is 2.67. The Morgan fingerprint density at radius 1 is 0.700 bits per heavy atom. The van der Waals surface area contributed by atoms with E-state index in [0.29, 0.717) is 12.8 Å². The Hall–Kier alpha value is -1.93. The molecule has 1 aromatic carbocycles. The minimum absolute atomic E-state index is 0.114. The fourth-order valence-corrected chi connectivity index (χ4v) is 4.09. The van der Waals surface area contributed by atoms with Gasteiger partial charge in [-0.05, 0) is 49.3 Å². The van der Waals surface area contributed by atoms with Crippen LogP contribution in [0.5, 0.6) is 0 Å². The van der Waals surface area contributed by atoms with Gasteiger partial charge in [0.05, 0.1) is 4.90 Å². The molecule has 0 fully saturated rings. The van der Waals surface area contributed by atoms with Gasteiger partial charge in [0.2, 0.25) is 0 Å². The SMILES string of the molecule is O=C(O)CCCCCCCC(CCCCCCC(=O)O)c1ccc(S(=O)(=O)O)cc1.